The number of benzene rings is 8. The molecule has 0 aliphatic heterocycles. The molecule has 0 N–H and O–H groups in total. The largest absolute Gasteiger partial charge is 0.496 e. The second-order valence-corrected chi connectivity index (χ2v) is 11.9. The fourth-order valence-corrected chi connectivity index (χ4v) is 8.17. The molecule has 8 aromatic rings. The summed E-state index contributed by atoms with van der Waals surface area (Å²) in [6.45, 7) is 0. The average molecular weight is 563 g/mol. The van der Waals surface area contributed by atoms with Gasteiger partial charge in [-0.25, -0.2) is 0 Å². The summed E-state index contributed by atoms with van der Waals surface area (Å²) < 4.78 is 12.4. The molecule has 0 fully saturated rings. The Balaban J connectivity index is 1.40. The van der Waals surface area contributed by atoms with Gasteiger partial charge in [0.25, 0.3) is 0 Å². The second-order valence-electron chi connectivity index (χ2n) is 11.9. The molecule has 0 saturated heterocycles. The maximum absolute atomic E-state index is 6.18. The first-order valence-electron chi connectivity index (χ1n) is 15.1. The van der Waals surface area contributed by atoms with Crippen molar-refractivity contribution in [3.05, 3.63) is 121 Å². The summed E-state index contributed by atoms with van der Waals surface area (Å²) in [5.41, 5.74) is 12.4. The highest BCUT2D eigenvalue weighted by molar-refractivity contribution is 6.29. The Hall–Kier alpha value is -5.60. The van der Waals surface area contributed by atoms with Gasteiger partial charge in [0.2, 0.25) is 0 Å². The number of hydrogen-bond donors (Lipinski definition) is 0. The van der Waals surface area contributed by atoms with Crippen LogP contribution in [0.15, 0.2) is 121 Å². The predicted octanol–water partition coefficient (Wildman–Crippen LogP) is 11.3. The summed E-state index contributed by atoms with van der Waals surface area (Å²) in [4.78, 5) is 0. The van der Waals surface area contributed by atoms with Crippen LogP contribution in [0.2, 0.25) is 0 Å². The summed E-state index contributed by atoms with van der Waals surface area (Å²) in [5.74, 6) is 1.67. The summed E-state index contributed by atoms with van der Waals surface area (Å²) in [6, 6.07) is 44.4. The first kappa shape index (κ1) is 23.9. The Morgan fingerprint density at radius 1 is 0.318 bits per heavy atom. The number of hydrogen-bond acceptors (Lipinski definition) is 2. The monoisotopic (exact) mass is 562 g/mol. The van der Waals surface area contributed by atoms with E-state index < -0.39 is 0 Å². The van der Waals surface area contributed by atoms with Gasteiger partial charge in [-0.05, 0) is 112 Å². The third-order valence-electron chi connectivity index (χ3n) is 9.94. The maximum atomic E-state index is 6.18. The van der Waals surface area contributed by atoms with Gasteiger partial charge in [0, 0.05) is 11.1 Å². The van der Waals surface area contributed by atoms with Gasteiger partial charge in [-0.2, -0.15) is 0 Å². The van der Waals surface area contributed by atoms with Crippen molar-refractivity contribution in [2.45, 2.75) is 0 Å². The topological polar surface area (TPSA) is 18.5 Å². The molecule has 2 nitrogen and oxygen atoms in total. The standard InChI is InChI=1S/C42H26O2/c1-43-37-19-17-27-31-15-7-13-29-23-9-3-5-11-25(23)33(39(29)31)21-35(27)41(37)42-36-22-34-26-12-6-4-10-24(26)30-14-8-16-32(40(30)34)28(36)18-20-38(42)44-2/h3-22H,1-2H3. The predicted molar refractivity (Wildman–Crippen MR) is 184 cm³/mol. The molecule has 0 amide bonds. The molecule has 0 unspecified atom stereocenters. The molecule has 0 radical (unpaired) electrons. The van der Waals surface area contributed by atoms with Gasteiger partial charge >= 0.3 is 0 Å². The highest BCUT2D eigenvalue weighted by Crippen LogP contribution is 2.55. The molecule has 0 bridgehead atoms. The van der Waals surface area contributed by atoms with E-state index in [1.54, 1.807) is 14.2 Å². The summed E-state index contributed by atoms with van der Waals surface area (Å²) >= 11 is 0. The highest BCUT2D eigenvalue weighted by atomic mass is 16.5. The van der Waals surface area contributed by atoms with E-state index in [0.717, 1.165) is 33.4 Å². The van der Waals surface area contributed by atoms with E-state index in [2.05, 4.69) is 121 Å². The maximum Gasteiger partial charge on any atom is 0.127 e. The molecular formula is C42H26O2. The van der Waals surface area contributed by atoms with Crippen molar-refractivity contribution in [2.24, 2.45) is 0 Å². The molecule has 2 heteroatoms. The third-order valence-corrected chi connectivity index (χ3v) is 9.94. The van der Waals surface area contributed by atoms with Crippen LogP contribution < -0.4 is 9.47 Å². The Morgan fingerprint density at radius 2 is 0.705 bits per heavy atom. The molecule has 0 aromatic heterocycles. The zero-order valence-corrected chi connectivity index (χ0v) is 24.4. The van der Waals surface area contributed by atoms with Crippen LogP contribution in [-0.4, -0.2) is 14.2 Å². The van der Waals surface area contributed by atoms with Crippen LogP contribution >= 0.6 is 0 Å². The van der Waals surface area contributed by atoms with E-state index in [-0.39, 0.29) is 0 Å². The zero-order valence-electron chi connectivity index (χ0n) is 24.4. The fraction of sp³-hybridized carbons (Fsp3) is 0.0476. The first-order valence-corrected chi connectivity index (χ1v) is 15.1. The zero-order chi connectivity index (χ0) is 29.1. The Kier molecular flexibility index (Phi) is 4.61. The molecular weight excluding hydrogens is 536 g/mol. The fourth-order valence-electron chi connectivity index (χ4n) is 8.17. The molecule has 0 spiro atoms. The van der Waals surface area contributed by atoms with Crippen LogP contribution in [0.5, 0.6) is 11.5 Å². The van der Waals surface area contributed by atoms with E-state index in [9.17, 15) is 0 Å². The van der Waals surface area contributed by atoms with Gasteiger partial charge in [-0.1, -0.05) is 97.1 Å². The van der Waals surface area contributed by atoms with Gasteiger partial charge in [0.1, 0.15) is 11.5 Å². The van der Waals surface area contributed by atoms with Crippen molar-refractivity contribution in [1.82, 2.24) is 0 Å². The third kappa shape index (κ3) is 2.86. The van der Waals surface area contributed by atoms with Crippen LogP contribution in [0.4, 0.5) is 0 Å². The second kappa shape index (κ2) is 8.49. The molecule has 44 heavy (non-hydrogen) atoms. The summed E-state index contributed by atoms with van der Waals surface area (Å²) in [6.07, 6.45) is 0. The van der Waals surface area contributed by atoms with E-state index in [1.165, 1.54) is 76.8 Å². The van der Waals surface area contributed by atoms with Crippen molar-refractivity contribution in [1.29, 1.82) is 0 Å². The lowest BCUT2D eigenvalue weighted by atomic mass is 9.87. The van der Waals surface area contributed by atoms with Crippen LogP contribution in [0.1, 0.15) is 0 Å². The highest BCUT2D eigenvalue weighted by Gasteiger charge is 2.28. The molecule has 0 saturated carbocycles. The summed E-state index contributed by atoms with van der Waals surface area (Å²) in [5, 5.41) is 9.93. The molecule has 2 aliphatic carbocycles. The SMILES string of the molecule is COc1ccc2c(cc3c4c(cccc42)-c2ccccc2-3)c1-c1c(OC)ccc2c1cc1c3c(cccc32)-c2ccccc2-1. The van der Waals surface area contributed by atoms with Gasteiger partial charge in [-0.3, -0.25) is 0 Å². The van der Waals surface area contributed by atoms with Gasteiger partial charge in [-0.15, -0.1) is 0 Å². The van der Waals surface area contributed by atoms with Crippen LogP contribution in [0, 0.1) is 0 Å². The number of rotatable bonds is 3. The summed E-state index contributed by atoms with van der Waals surface area (Å²) in [7, 11) is 3.54. The van der Waals surface area contributed by atoms with Gasteiger partial charge in [0.05, 0.1) is 14.2 Å². The Bertz CT molecular complexity index is 2390. The normalized spacial score (nSPS) is 12.3. The lowest BCUT2D eigenvalue weighted by Crippen LogP contribution is -1.96. The molecule has 0 heterocycles. The number of methoxy groups -OCH3 is 2. The smallest absolute Gasteiger partial charge is 0.127 e. The lowest BCUT2D eigenvalue weighted by molar-refractivity contribution is 0.411. The van der Waals surface area contributed by atoms with Crippen LogP contribution in [0.25, 0.3) is 98.7 Å². The van der Waals surface area contributed by atoms with Crippen molar-refractivity contribution in [3.63, 3.8) is 0 Å². The van der Waals surface area contributed by atoms with Gasteiger partial charge in [0.15, 0.2) is 0 Å². The number of ether oxygens (including phenoxy) is 2. The molecule has 2 aliphatic rings. The van der Waals surface area contributed by atoms with Crippen molar-refractivity contribution >= 4 is 43.1 Å². The van der Waals surface area contributed by atoms with Gasteiger partial charge < -0.3 is 9.47 Å². The average Bonchev–Trinajstić information content (AvgIpc) is 3.58. The molecule has 0 atom stereocenters. The van der Waals surface area contributed by atoms with E-state index >= 15 is 0 Å². The van der Waals surface area contributed by atoms with Crippen molar-refractivity contribution in [3.8, 4) is 67.1 Å². The van der Waals surface area contributed by atoms with Crippen LogP contribution in [-0.2, 0) is 0 Å². The minimum Gasteiger partial charge on any atom is -0.496 e. The quantitative estimate of drug-likeness (QED) is 0.199. The minimum absolute atomic E-state index is 0.836. The molecule has 8 aromatic carbocycles. The van der Waals surface area contributed by atoms with E-state index in [0.29, 0.717) is 0 Å². The number of fused-ring (bicyclic) bond motifs is 10. The first-order chi connectivity index (χ1) is 21.8. The van der Waals surface area contributed by atoms with Crippen molar-refractivity contribution in [2.75, 3.05) is 14.2 Å². The molecule has 206 valence electrons. The Labute approximate surface area is 254 Å². The lowest BCUT2D eigenvalue weighted by Gasteiger charge is -2.20. The van der Waals surface area contributed by atoms with Crippen molar-refractivity contribution < 1.29 is 9.47 Å². The molecule has 10 rings (SSSR count). The Morgan fingerprint density at radius 3 is 1.11 bits per heavy atom. The minimum atomic E-state index is 0.836. The van der Waals surface area contributed by atoms with E-state index in [4.69, 9.17) is 9.47 Å². The van der Waals surface area contributed by atoms with E-state index in [1.807, 2.05) is 0 Å². The van der Waals surface area contributed by atoms with Crippen LogP contribution in [0.3, 0.4) is 0 Å².